The second-order valence-corrected chi connectivity index (χ2v) is 7.35. The highest BCUT2D eigenvalue weighted by Gasteiger charge is 2.16. The second kappa shape index (κ2) is 6.39. The summed E-state index contributed by atoms with van der Waals surface area (Å²) in [5.74, 6) is 0. The predicted molar refractivity (Wildman–Crippen MR) is 83.5 cm³/mol. The number of anilines is 1. The van der Waals surface area contributed by atoms with Gasteiger partial charge in [-0.15, -0.1) is 11.3 Å². The highest BCUT2D eigenvalue weighted by molar-refractivity contribution is 7.94. The highest BCUT2D eigenvalue weighted by atomic mass is 32.2. The van der Waals surface area contributed by atoms with Crippen LogP contribution in [0.3, 0.4) is 0 Å². The minimum Gasteiger partial charge on any atom is -0.326 e. The normalized spacial score (nSPS) is 11.5. The molecule has 0 unspecified atom stereocenters. The van der Waals surface area contributed by atoms with E-state index in [9.17, 15) is 8.42 Å². The minimum absolute atomic E-state index is 0.288. The largest absolute Gasteiger partial charge is 0.326 e. The van der Waals surface area contributed by atoms with Gasteiger partial charge in [-0.2, -0.15) is 0 Å². The third kappa shape index (κ3) is 3.59. The van der Waals surface area contributed by atoms with Crippen LogP contribution in [0.1, 0.15) is 24.5 Å². The Balaban J connectivity index is 2.15. The maximum Gasteiger partial charge on any atom is 0.271 e. The Morgan fingerprint density at radius 3 is 2.45 bits per heavy atom. The van der Waals surface area contributed by atoms with Crippen molar-refractivity contribution in [3.63, 3.8) is 0 Å². The third-order valence-electron chi connectivity index (χ3n) is 2.88. The molecule has 0 aliphatic carbocycles. The van der Waals surface area contributed by atoms with Gasteiger partial charge in [0.1, 0.15) is 4.21 Å². The van der Waals surface area contributed by atoms with Gasteiger partial charge in [-0.1, -0.05) is 25.5 Å². The first-order valence-corrected chi connectivity index (χ1v) is 8.80. The average molecular weight is 310 g/mol. The van der Waals surface area contributed by atoms with Gasteiger partial charge in [-0.25, -0.2) is 8.42 Å². The lowest BCUT2D eigenvalue weighted by Gasteiger charge is -2.07. The van der Waals surface area contributed by atoms with E-state index in [2.05, 4.69) is 11.6 Å². The Hall–Kier alpha value is -1.37. The van der Waals surface area contributed by atoms with E-state index in [-0.39, 0.29) is 4.21 Å². The molecule has 20 heavy (non-hydrogen) atoms. The predicted octanol–water partition coefficient (Wildman–Crippen LogP) is 2.96. The van der Waals surface area contributed by atoms with Crippen LogP contribution in [-0.4, -0.2) is 8.42 Å². The number of hydrogen-bond donors (Lipinski definition) is 2. The molecule has 1 heterocycles. The van der Waals surface area contributed by atoms with Crippen LogP contribution in [0, 0.1) is 0 Å². The van der Waals surface area contributed by atoms with Crippen molar-refractivity contribution in [2.75, 3.05) is 4.72 Å². The Kier molecular flexibility index (Phi) is 4.80. The summed E-state index contributed by atoms with van der Waals surface area (Å²) in [5, 5.41) is 1.76. The van der Waals surface area contributed by atoms with Crippen LogP contribution >= 0.6 is 11.3 Å². The zero-order valence-electron chi connectivity index (χ0n) is 11.3. The number of thiophene rings is 1. The average Bonchev–Trinajstić information content (AvgIpc) is 2.91. The maximum atomic E-state index is 12.2. The van der Waals surface area contributed by atoms with Crippen LogP contribution in [0.4, 0.5) is 5.69 Å². The van der Waals surface area contributed by atoms with Crippen LogP contribution in [-0.2, 0) is 23.0 Å². The Bertz CT molecular complexity index is 661. The molecule has 0 bridgehead atoms. The Labute approximate surface area is 123 Å². The van der Waals surface area contributed by atoms with E-state index in [0.29, 0.717) is 12.2 Å². The van der Waals surface area contributed by atoms with Crippen molar-refractivity contribution in [2.24, 2.45) is 5.73 Å². The van der Waals surface area contributed by atoms with Crippen LogP contribution < -0.4 is 10.5 Å². The zero-order chi connectivity index (χ0) is 14.6. The van der Waals surface area contributed by atoms with Crippen LogP contribution in [0.25, 0.3) is 0 Å². The fourth-order valence-corrected chi connectivity index (χ4v) is 4.12. The summed E-state index contributed by atoms with van der Waals surface area (Å²) < 4.78 is 27.3. The minimum atomic E-state index is -3.51. The van der Waals surface area contributed by atoms with E-state index < -0.39 is 10.0 Å². The summed E-state index contributed by atoms with van der Waals surface area (Å²) in [6, 6.07) is 9.08. The number of nitrogens with two attached hydrogens (primary N) is 1. The highest BCUT2D eigenvalue weighted by Crippen LogP contribution is 2.23. The lowest BCUT2D eigenvalue weighted by atomic mass is 10.1. The molecule has 1 aromatic carbocycles. The summed E-state index contributed by atoms with van der Waals surface area (Å²) in [5.41, 5.74) is 8.11. The molecule has 1 aromatic heterocycles. The van der Waals surface area contributed by atoms with Gasteiger partial charge in [0.05, 0.1) is 0 Å². The third-order valence-corrected chi connectivity index (χ3v) is 5.74. The number of nitrogens with one attached hydrogen (secondary N) is 1. The number of aryl methyl sites for hydroxylation is 1. The maximum absolute atomic E-state index is 12.2. The molecule has 0 aliphatic heterocycles. The summed E-state index contributed by atoms with van der Waals surface area (Å²) in [4.78, 5) is 0. The van der Waals surface area contributed by atoms with E-state index >= 15 is 0 Å². The molecule has 0 saturated heterocycles. The summed E-state index contributed by atoms with van der Waals surface area (Å²) >= 11 is 1.18. The van der Waals surface area contributed by atoms with Crippen LogP contribution in [0.5, 0.6) is 0 Å². The SMILES string of the molecule is CCCc1ccc(NS(=O)(=O)c2cc(CN)cs2)cc1. The van der Waals surface area contributed by atoms with Gasteiger partial charge in [0.2, 0.25) is 0 Å². The monoisotopic (exact) mass is 310 g/mol. The first kappa shape index (κ1) is 15.0. The van der Waals surface area contributed by atoms with Gasteiger partial charge >= 0.3 is 0 Å². The lowest BCUT2D eigenvalue weighted by molar-refractivity contribution is 0.603. The van der Waals surface area contributed by atoms with Gasteiger partial charge in [-0.3, -0.25) is 4.72 Å². The van der Waals surface area contributed by atoms with Crippen LogP contribution in [0.15, 0.2) is 39.9 Å². The van der Waals surface area contributed by atoms with Gasteiger partial charge in [0.25, 0.3) is 10.0 Å². The van der Waals surface area contributed by atoms with E-state index in [1.807, 2.05) is 12.1 Å². The van der Waals surface area contributed by atoms with Gasteiger partial charge in [0, 0.05) is 12.2 Å². The summed E-state index contributed by atoms with van der Waals surface area (Å²) in [6.45, 7) is 2.46. The standard InChI is InChI=1S/C14H18N2O2S2/c1-2-3-11-4-6-13(7-5-11)16-20(17,18)14-8-12(9-15)10-19-14/h4-8,10,16H,2-3,9,15H2,1H3. The molecule has 108 valence electrons. The van der Waals surface area contributed by atoms with E-state index in [1.54, 1.807) is 23.6 Å². The molecule has 0 saturated carbocycles. The number of benzene rings is 1. The number of rotatable bonds is 6. The molecular weight excluding hydrogens is 292 g/mol. The summed E-state index contributed by atoms with van der Waals surface area (Å²) in [7, 11) is -3.51. The Morgan fingerprint density at radius 2 is 1.90 bits per heavy atom. The lowest BCUT2D eigenvalue weighted by Crippen LogP contribution is -2.11. The molecule has 0 atom stereocenters. The fraction of sp³-hybridized carbons (Fsp3) is 0.286. The van der Waals surface area contributed by atoms with E-state index in [0.717, 1.165) is 18.4 Å². The first-order chi connectivity index (χ1) is 9.55. The molecule has 2 aromatic rings. The van der Waals surface area contributed by atoms with E-state index in [4.69, 9.17) is 5.73 Å². The fourth-order valence-electron chi connectivity index (χ4n) is 1.83. The molecule has 0 spiro atoms. The Morgan fingerprint density at radius 1 is 1.20 bits per heavy atom. The van der Waals surface area contributed by atoms with Crippen molar-refractivity contribution in [1.29, 1.82) is 0 Å². The topological polar surface area (TPSA) is 72.2 Å². The van der Waals surface area contributed by atoms with Gasteiger partial charge in [-0.05, 0) is 41.1 Å². The molecule has 4 nitrogen and oxygen atoms in total. The first-order valence-electron chi connectivity index (χ1n) is 6.44. The molecule has 0 fully saturated rings. The zero-order valence-corrected chi connectivity index (χ0v) is 12.9. The van der Waals surface area contributed by atoms with Crippen molar-refractivity contribution in [3.05, 3.63) is 46.8 Å². The molecule has 0 radical (unpaired) electrons. The van der Waals surface area contributed by atoms with Gasteiger partial charge < -0.3 is 5.73 Å². The molecule has 2 rings (SSSR count). The van der Waals surface area contributed by atoms with Gasteiger partial charge in [0.15, 0.2) is 0 Å². The smallest absolute Gasteiger partial charge is 0.271 e. The molecular formula is C14H18N2O2S2. The van der Waals surface area contributed by atoms with Crippen LogP contribution in [0.2, 0.25) is 0 Å². The molecule has 3 N–H and O–H groups in total. The summed E-state index contributed by atoms with van der Waals surface area (Å²) in [6.07, 6.45) is 2.07. The van der Waals surface area contributed by atoms with Crippen molar-refractivity contribution in [3.8, 4) is 0 Å². The molecule has 0 aliphatic rings. The van der Waals surface area contributed by atoms with Crippen molar-refractivity contribution < 1.29 is 8.42 Å². The van der Waals surface area contributed by atoms with Crippen molar-refractivity contribution in [1.82, 2.24) is 0 Å². The van der Waals surface area contributed by atoms with E-state index in [1.165, 1.54) is 16.9 Å². The number of sulfonamides is 1. The second-order valence-electron chi connectivity index (χ2n) is 4.53. The molecule has 6 heteroatoms. The van der Waals surface area contributed by atoms with Crippen molar-refractivity contribution >= 4 is 27.0 Å². The molecule has 0 amide bonds. The quantitative estimate of drug-likeness (QED) is 0.861. The van der Waals surface area contributed by atoms with Crippen molar-refractivity contribution in [2.45, 2.75) is 30.5 Å². The number of hydrogen-bond acceptors (Lipinski definition) is 4.